The summed E-state index contributed by atoms with van der Waals surface area (Å²) in [6.07, 6.45) is 0.728. The molecule has 0 heterocycles. The smallest absolute Gasteiger partial charge is 0.269 e. The molecule has 0 saturated carbocycles. The number of nitro benzene ring substituents is 1. The molecule has 0 aliphatic carbocycles. The number of benzene rings is 2. The standard InChI is InChI=1S/C17H17Cl2NO3/c1-2-4-14(11-7-8-15(18)16(19)10-11)17(21)12-5-3-6-13(9-12)20(22)23/h3,5-10,14,17,21H,2,4H2,1H3/t14-,17-/m1/s1. The topological polar surface area (TPSA) is 63.4 Å². The van der Waals surface area contributed by atoms with E-state index in [0.29, 0.717) is 15.6 Å². The number of rotatable bonds is 6. The van der Waals surface area contributed by atoms with Crippen LogP contribution in [0.2, 0.25) is 10.0 Å². The first-order valence-electron chi connectivity index (χ1n) is 7.31. The number of hydrogen-bond acceptors (Lipinski definition) is 3. The van der Waals surface area contributed by atoms with Crippen LogP contribution < -0.4 is 0 Å². The minimum atomic E-state index is -0.855. The molecule has 0 unspecified atom stereocenters. The van der Waals surface area contributed by atoms with Crippen molar-refractivity contribution in [1.82, 2.24) is 0 Å². The number of nitro groups is 1. The molecule has 0 radical (unpaired) electrons. The normalized spacial score (nSPS) is 13.6. The zero-order valence-corrected chi connectivity index (χ0v) is 14.1. The Labute approximate surface area is 144 Å². The molecule has 2 rings (SSSR count). The number of hydrogen-bond donors (Lipinski definition) is 1. The van der Waals surface area contributed by atoms with Crippen molar-refractivity contribution in [3.05, 3.63) is 73.8 Å². The number of non-ortho nitro benzene ring substituents is 1. The number of nitrogens with zero attached hydrogens (tertiary/aromatic N) is 1. The lowest BCUT2D eigenvalue weighted by Gasteiger charge is -2.23. The van der Waals surface area contributed by atoms with Crippen LogP contribution in [0, 0.1) is 10.1 Å². The zero-order chi connectivity index (χ0) is 17.0. The second-order valence-electron chi connectivity index (χ2n) is 5.37. The second-order valence-corrected chi connectivity index (χ2v) is 6.18. The lowest BCUT2D eigenvalue weighted by molar-refractivity contribution is -0.385. The first kappa shape index (κ1) is 17.7. The van der Waals surface area contributed by atoms with E-state index in [2.05, 4.69) is 0 Å². The average molecular weight is 354 g/mol. The SMILES string of the molecule is CCC[C@H](c1ccc(Cl)c(Cl)c1)[C@H](O)c1cccc([N+](=O)[O-])c1. The zero-order valence-electron chi connectivity index (χ0n) is 12.6. The van der Waals surface area contributed by atoms with Gasteiger partial charge in [-0.15, -0.1) is 0 Å². The van der Waals surface area contributed by atoms with Crippen molar-refractivity contribution < 1.29 is 10.0 Å². The maximum Gasteiger partial charge on any atom is 0.269 e. The van der Waals surface area contributed by atoms with E-state index in [1.54, 1.807) is 24.3 Å². The summed E-state index contributed by atoms with van der Waals surface area (Å²) in [7, 11) is 0. The molecule has 2 aromatic carbocycles. The summed E-state index contributed by atoms with van der Waals surface area (Å²) in [5, 5.41) is 22.5. The first-order chi connectivity index (χ1) is 10.9. The number of halogens is 2. The van der Waals surface area contributed by atoms with Crippen LogP contribution in [-0.2, 0) is 0 Å². The Hall–Kier alpha value is -1.62. The van der Waals surface area contributed by atoms with Crippen LogP contribution in [0.1, 0.15) is 42.9 Å². The molecule has 0 aromatic heterocycles. The van der Waals surface area contributed by atoms with Crippen molar-refractivity contribution in [3.63, 3.8) is 0 Å². The molecule has 23 heavy (non-hydrogen) atoms. The van der Waals surface area contributed by atoms with Crippen LogP contribution in [0.4, 0.5) is 5.69 Å². The van der Waals surface area contributed by atoms with Gasteiger partial charge in [0.1, 0.15) is 0 Å². The molecule has 2 atom stereocenters. The van der Waals surface area contributed by atoms with Gasteiger partial charge in [-0.2, -0.15) is 0 Å². The Morgan fingerprint density at radius 1 is 1.13 bits per heavy atom. The lowest BCUT2D eigenvalue weighted by Crippen LogP contribution is -2.11. The highest BCUT2D eigenvalue weighted by Crippen LogP contribution is 2.37. The Bertz CT molecular complexity index is 706. The van der Waals surface area contributed by atoms with E-state index in [0.717, 1.165) is 18.4 Å². The quantitative estimate of drug-likeness (QED) is 0.549. The van der Waals surface area contributed by atoms with Gasteiger partial charge in [0.05, 0.1) is 21.1 Å². The lowest BCUT2D eigenvalue weighted by atomic mass is 9.86. The van der Waals surface area contributed by atoms with Crippen molar-refractivity contribution >= 4 is 28.9 Å². The van der Waals surface area contributed by atoms with Crippen LogP contribution in [0.3, 0.4) is 0 Å². The fourth-order valence-electron chi connectivity index (χ4n) is 2.62. The van der Waals surface area contributed by atoms with Gasteiger partial charge >= 0.3 is 0 Å². The van der Waals surface area contributed by atoms with Crippen molar-refractivity contribution in [2.24, 2.45) is 0 Å². The van der Waals surface area contributed by atoms with Crippen LogP contribution in [0.25, 0.3) is 0 Å². The molecule has 0 fully saturated rings. The van der Waals surface area contributed by atoms with E-state index in [9.17, 15) is 15.2 Å². The fourth-order valence-corrected chi connectivity index (χ4v) is 2.92. The van der Waals surface area contributed by atoms with Crippen LogP contribution >= 0.6 is 23.2 Å². The predicted molar refractivity (Wildman–Crippen MR) is 92.2 cm³/mol. The summed E-state index contributed by atoms with van der Waals surface area (Å²) < 4.78 is 0. The molecular formula is C17H17Cl2NO3. The highest BCUT2D eigenvalue weighted by atomic mass is 35.5. The monoisotopic (exact) mass is 353 g/mol. The van der Waals surface area contributed by atoms with Gasteiger partial charge in [0, 0.05) is 18.1 Å². The van der Waals surface area contributed by atoms with Crippen LogP contribution in [0.5, 0.6) is 0 Å². The first-order valence-corrected chi connectivity index (χ1v) is 8.07. The largest absolute Gasteiger partial charge is 0.388 e. The van der Waals surface area contributed by atoms with Crippen molar-refractivity contribution in [2.75, 3.05) is 0 Å². The third kappa shape index (κ3) is 4.22. The van der Waals surface area contributed by atoms with Gasteiger partial charge in [-0.1, -0.05) is 54.7 Å². The van der Waals surface area contributed by atoms with Crippen molar-refractivity contribution in [2.45, 2.75) is 31.8 Å². The summed E-state index contributed by atoms with van der Waals surface area (Å²) in [5.41, 5.74) is 1.34. The Kier molecular flexibility index (Phi) is 5.99. The molecule has 1 N–H and O–H groups in total. The summed E-state index contributed by atoms with van der Waals surface area (Å²) in [6, 6.07) is 11.4. The van der Waals surface area contributed by atoms with Crippen molar-refractivity contribution in [1.29, 1.82) is 0 Å². The Balaban J connectivity index is 2.38. The third-order valence-corrected chi connectivity index (χ3v) is 4.51. The van der Waals surface area contributed by atoms with Crippen LogP contribution in [-0.4, -0.2) is 10.0 Å². The van der Waals surface area contributed by atoms with Crippen molar-refractivity contribution in [3.8, 4) is 0 Å². The fraction of sp³-hybridized carbons (Fsp3) is 0.294. The molecule has 0 amide bonds. The maximum atomic E-state index is 10.9. The van der Waals surface area contributed by atoms with Gasteiger partial charge in [0.25, 0.3) is 5.69 Å². The Morgan fingerprint density at radius 3 is 2.48 bits per heavy atom. The highest BCUT2D eigenvalue weighted by molar-refractivity contribution is 6.42. The molecule has 0 aliphatic heterocycles. The molecule has 0 aliphatic rings. The van der Waals surface area contributed by atoms with E-state index >= 15 is 0 Å². The van der Waals surface area contributed by atoms with Crippen LogP contribution in [0.15, 0.2) is 42.5 Å². The van der Waals surface area contributed by atoms with Gasteiger partial charge in [-0.05, 0) is 29.7 Å². The van der Waals surface area contributed by atoms with Gasteiger partial charge in [0.15, 0.2) is 0 Å². The highest BCUT2D eigenvalue weighted by Gasteiger charge is 2.24. The molecule has 0 bridgehead atoms. The van der Waals surface area contributed by atoms with Gasteiger partial charge < -0.3 is 5.11 Å². The summed E-state index contributed by atoms with van der Waals surface area (Å²) in [4.78, 5) is 10.4. The predicted octanol–water partition coefficient (Wildman–Crippen LogP) is 5.52. The van der Waals surface area contributed by atoms with E-state index in [-0.39, 0.29) is 11.6 Å². The van der Waals surface area contributed by atoms with E-state index in [4.69, 9.17) is 23.2 Å². The van der Waals surface area contributed by atoms with Gasteiger partial charge in [-0.25, -0.2) is 0 Å². The van der Waals surface area contributed by atoms with E-state index in [1.807, 2.05) is 13.0 Å². The molecule has 122 valence electrons. The van der Waals surface area contributed by atoms with E-state index in [1.165, 1.54) is 12.1 Å². The van der Waals surface area contributed by atoms with Gasteiger partial charge in [0.2, 0.25) is 0 Å². The molecule has 0 spiro atoms. The summed E-state index contributed by atoms with van der Waals surface area (Å²) in [5.74, 6) is -0.211. The van der Waals surface area contributed by atoms with Gasteiger partial charge in [-0.3, -0.25) is 10.1 Å². The molecule has 0 saturated heterocycles. The summed E-state index contributed by atoms with van der Waals surface area (Å²) in [6.45, 7) is 2.02. The molecule has 6 heteroatoms. The minimum Gasteiger partial charge on any atom is -0.388 e. The van der Waals surface area contributed by atoms with E-state index < -0.39 is 11.0 Å². The number of aliphatic hydroxyl groups is 1. The maximum absolute atomic E-state index is 10.9. The second kappa shape index (κ2) is 7.77. The Morgan fingerprint density at radius 2 is 1.87 bits per heavy atom. The summed E-state index contributed by atoms with van der Waals surface area (Å²) >= 11 is 12.0. The molecular weight excluding hydrogens is 337 g/mol. The third-order valence-electron chi connectivity index (χ3n) is 3.78. The molecule has 4 nitrogen and oxygen atoms in total. The molecule has 2 aromatic rings. The number of aliphatic hydroxyl groups excluding tert-OH is 1. The average Bonchev–Trinajstić information content (AvgIpc) is 2.55. The minimum absolute atomic E-state index is 0.0362.